The molecule has 1 radical (unpaired) electrons. The van der Waals surface area contributed by atoms with Gasteiger partial charge in [0.25, 0.3) is 10.0 Å². The van der Waals surface area contributed by atoms with Crippen LogP contribution in [0.2, 0.25) is 0 Å². The van der Waals surface area contributed by atoms with Crippen molar-refractivity contribution < 1.29 is 8.42 Å². The molecule has 1 rings (SSSR count). The molecule has 0 amide bonds. The number of aromatic nitrogens is 3. The highest BCUT2D eigenvalue weighted by Crippen LogP contribution is 1.93. The first-order valence-electron chi connectivity index (χ1n) is 2.52. The molecule has 0 saturated heterocycles. The Kier molecular flexibility index (Phi) is 1.47. The molecule has 1 aromatic rings. The standard InChI is InChI=1S/C4H6N3O2S/c1-4-5-3-6-7(4)10(2,8)9/h1-2H3. The third-order valence-corrected chi connectivity index (χ3v) is 1.91. The van der Waals surface area contributed by atoms with Gasteiger partial charge >= 0.3 is 0 Å². The molecule has 0 aliphatic heterocycles. The summed E-state index contributed by atoms with van der Waals surface area (Å²) in [6.45, 7) is 1.55. The van der Waals surface area contributed by atoms with E-state index in [1.54, 1.807) is 6.92 Å². The highest BCUT2D eigenvalue weighted by molar-refractivity contribution is 7.89. The summed E-state index contributed by atoms with van der Waals surface area (Å²) in [5.41, 5.74) is 0. The number of aryl methyl sites for hydroxylation is 1. The third kappa shape index (κ3) is 1.15. The molecule has 0 unspecified atom stereocenters. The molecule has 10 heavy (non-hydrogen) atoms. The number of rotatable bonds is 1. The topological polar surface area (TPSA) is 64.8 Å². The van der Waals surface area contributed by atoms with Crippen LogP contribution in [-0.4, -0.2) is 28.8 Å². The van der Waals surface area contributed by atoms with Gasteiger partial charge in [-0.3, -0.25) is 0 Å². The zero-order valence-corrected chi connectivity index (χ0v) is 6.38. The van der Waals surface area contributed by atoms with E-state index in [1.807, 2.05) is 0 Å². The first-order valence-corrected chi connectivity index (χ1v) is 4.37. The van der Waals surface area contributed by atoms with Crippen LogP contribution in [0.5, 0.6) is 0 Å². The summed E-state index contributed by atoms with van der Waals surface area (Å²) < 4.78 is 22.3. The van der Waals surface area contributed by atoms with Gasteiger partial charge < -0.3 is 0 Å². The lowest BCUT2D eigenvalue weighted by Gasteiger charge is -1.95. The van der Waals surface area contributed by atoms with E-state index in [9.17, 15) is 8.42 Å². The molecule has 0 N–H and O–H groups in total. The van der Waals surface area contributed by atoms with Gasteiger partial charge in [-0.2, -0.15) is 0 Å². The zero-order chi connectivity index (χ0) is 7.78. The Hall–Kier alpha value is -0.910. The molecule has 0 spiro atoms. The van der Waals surface area contributed by atoms with Crippen LogP contribution < -0.4 is 0 Å². The molecule has 0 aromatic carbocycles. The molecule has 0 atom stereocenters. The molecule has 6 heteroatoms. The summed E-state index contributed by atoms with van der Waals surface area (Å²) in [6, 6.07) is 0. The Bertz CT molecular complexity index is 326. The summed E-state index contributed by atoms with van der Waals surface area (Å²) in [4.78, 5) is 3.53. The fraction of sp³-hybridized carbons (Fsp3) is 0.500. The highest BCUT2D eigenvalue weighted by atomic mass is 32.2. The summed E-state index contributed by atoms with van der Waals surface area (Å²) in [5.74, 6) is 0.322. The zero-order valence-electron chi connectivity index (χ0n) is 5.57. The van der Waals surface area contributed by atoms with E-state index in [2.05, 4.69) is 16.4 Å². The SMILES string of the molecule is Cc1n[c]nn1S(C)(=O)=O. The molecule has 1 heterocycles. The summed E-state index contributed by atoms with van der Waals surface area (Å²) in [5, 5.41) is 3.38. The maximum Gasteiger partial charge on any atom is 0.252 e. The Morgan fingerprint density at radius 1 is 1.60 bits per heavy atom. The van der Waals surface area contributed by atoms with Crippen molar-refractivity contribution in [3.8, 4) is 0 Å². The lowest BCUT2D eigenvalue weighted by atomic mass is 10.8. The first-order chi connectivity index (χ1) is 4.52. The van der Waals surface area contributed by atoms with Crippen molar-refractivity contribution in [3.63, 3.8) is 0 Å². The lowest BCUT2D eigenvalue weighted by Crippen LogP contribution is -2.13. The van der Waals surface area contributed by atoms with E-state index in [0.29, 0.717) is 5.82 Å². The van der Waals surface area contributed by atoms with Crippen molar-refractivity contribution >= 4 is 10.0 Å². The van der Waals surface area contributed by atoms with Gasteiger partial charge in [-0.1, -0.05) is 0 Å². The van der Waals surface area contributed by atoms with Gasteiger partial charge in [0.2, 0.25) is 6.33 Å². The quantitative estimate of drug-likeness (QED) is 0.539. The minimum absolute atomic E-state index is 0.322. The van der Waals surface area contributed by atoms with Crippen LogP contribution in [0.15, 0.2) is 0 Å². The smallest absolute Gasteiger partial charge is 0.208 e. The number of hydrogen-bond donors (Lipinski definition) is 0. The third-order valence-electron chi connectivity index (χ3n) is 0.938. The molecule has 5 nitrogen and oxygen atoms in total. The van der Waals surface area contributed by atoms with E-state index >= 15 is 0 Å². The Morgan fingerprint density at radius 3 is 2.40 bits per heavy atom. The Morgan fingerprint density at radius 2 is 2.20 bits per heavy atom. The monoisotopic (exact) mass is 160 g/mol. The first kappa shape index (κ1) is 7.20. The molecule has 0 saturated carbocycles. The summed E-state index contributed by atoms with van der Waals surface area (Å²) in [6.07, 6.45) is 3.25. The molecular formula is C4H6N3O2S. The van der Waals surface area contributed by atoms with Gasteiger partial charge in [0.05, 0.1) is 6.26 Å². The van der Waals surface area contributed by atoms with Gasteiger partial charge in [-0.05, 0) is 6.92 Å². The van der Waals surface area contributed by atoms with Crippen molar-refractivity contribution in [2.45, 2.75) is 6.92 Å². The molecule has 55 valence electrons. The Labute approximate surface area is 58.7 Å². The molecule has 1 aromatic heterocycles. The minimum Gasteiger partial charge on any atom is -0.208 e. The van der Waals surface area contributed by atoms with E-state index in [4.69, 9.17) is 0 Å². The minimum atomic E-state index is -3.28. The van der Waals surface area contributed by atoms with Crippen LogP contribution in [0.25, 0.3) is 0 Å². The molecule has 0 fully saturated rings. The second-order valence-corrected chi connectivity index (χ2v) is 3.68. The molecule has 0 bridgehead atoms. The van der Waals surface area contributed by atoms with E-state index in [1.165, 1.54) is 0 Å². The van der Waals surface area contributed by atoms with Gasteiger partial charge in [0.15, 0.2) is 0 Å². The Balaban J connectivity index is 3.32. The van der Waals surface area contributed by atoms with E-state index in [-0.39, 0.29) is 0 Å². The summed E-state index contributed by atoms with van der Waals surface area (Å²) in [7, 11) is -3.28. The van der Waals surface area contributed by atoms with Gasteiger partial charge in [-0.25, -0.2) is 13.4 Å². The number of hydrogen-bond acceptors (Lipinski definition) is 4. The van der Waals surface area contributed by atoms with Gasteiger partial charge in [0.1, 0.15) is 5.82 Å². The predicted octanol–water partition coefficient (Wildman–Crippen LogP) is -0.806. The molecule has 0 aliphatic carbocycles. The second kappa shape index (κ2) is 2.05. The van der Waals surface area contributed by atoms with Crippen LogP contribution in [0, 0.1) is 13.3 Å². The van der Waals surface area contributed by atoms with E-state index in [0.717, 1.165) is 10.3 Å². The van der Waals surface area contributed by atoms with Crippen molar-refractivity contribution in [2.24, 2.45) is 0 Å². The lowest BCUT2D eigenvalue weighted by molar-refractivity contribution is 0.584. The van der Waals surface area contributed by atoms with Crippen LogP contribution in [0.4, 0.5) is 0 Å². The fourth-order valence-electron chi connectivity index (χ4n) is 0.565. The van der Waals surface area contributed by atoms with Crippen LogP contribution in [0.3, 0.4) is 0 Å². The van der Waals surface area contributed by atoms with Crippen molar-refractivity contribution in [3.05, 3.63) is 12.2 Å². The maximum atomic E-state index is 10.8. The van der Waals surface area contributed by atoms with Crippen molar-refractivity contribution in [2.75, 3.05) is 6.26 Å². The van der Waals surface area contributed by atoms with Crippen LogP contribution in [0.1, 0.15) is 5.82 Å². The van der Waals surface area contributed by atoms with Crippen LogP contribution >= 0.6 is 0 Å². The largest absolute Gasteiger partial charge is 0.252 e. The van der Waals surface area contributed by atoms with Gasteiger partial charge in [-0.15, -0.1) is 9.19 Å². The van der Waals surface area contributed by atoms with Gasteiger partial charge in [0, 0.05) is 0 Å². The number of nitrogens with zero attached hydrogens (tertiary/aromatic N) is 3. The second-order valence-electron chi connectivity index (χ2n) is 1.86. The summed E-state index contributed by atoms with van der Waals surface area (Å²) >= 11 is 0. The van der Waals surface area contributed by atoms with Crippen molar-refractivity contribution in [1.29, 1.82) is 0 Å². The van der Waals surface area contributed by atoms with E-state index < -0.39 is 10.0 Å². The maximum absolute atomic E-state index is 10.8. The average Bonchev–Trinajstić information content (AvgIpc) is 2.11. The highest BCUT2D eigenvalue weighted by Gasteiger charge is 2.08. The normalized spacial score (nSPS) is 11.8. The van der Waals surface area contributed by atoms with Crippen molar-refractivity contribution in [1.82, 2.24) is 14.2 Å². The van der Waals surface area contributed by atoms with Crippen LogP contribution in [-0.2, 0) is 10.0 Å². The predicted molar refractivity (Wildman–Crippen MR) is 33.8 cm³/mol. The molecule has 0 aliphatic rings. The fourth-order valence-corrected chi connectivity index (χ4v) is 1.27. The average molecular weight is 160 g/mol. The molecular weight excluding hydrogens is 154 g/mol.